The summed E-state index contributed by atoms with van der Waals surface area (Å²) in [5.74, 6) is 0.916. The minimum atomic E-state index is 0.144. The van der Waals surface area contributed by atoms with Crippen LogP contribution in [0.1, 0.15) is 33.1 Å². The second-order valence-corrected chi connectivity index (χ2v) is 4.92. The molecule has 1 amide bonds. The summed E-state index contributed by atoms with van der Waals surface area (Å²) in [5.41, 5.74) is 2.19. The summed E-state index contributed by atoms with van der Waals surface area (Å²) in [6.07, 6.45) is 3.54. The van der Waals surface area contributed by atoms with Crippen molar-refractivity contribution in [2.45, 2.75) is 39.2 Å². The molecule has 1 heterocycles. The second kappa shape index (κ2) is 4.35. The highest BCUT2D eigenvalue weighted by Crippen LogP contribution is 2.24. The first-order valence-corrected chi connectivity index (χ1v) is 5.87. The highest BCUT2D eigenvalue weighted by atomic mass is 16.1. The molecule has 2 aliphatic rings. The van der Waals surface area contributed by atoms with Crippen molar-refractivity contribution in [3.63, 3.8) is 0 Å². The molecule has 3 heteroatoms. The molecule has 1 aliphatic heterocycles. The molecular weight excluding hydrogens is 188 g/mol. The van der Waals surface area contributed by atoms with Crippen LogP contribution in [0.3, 0.4) is 0 Å². The van der Waals surface area contributed by atoms with Crippen molar-refractivity contribution in [1.29, 1.82) is 0 Å². The van der Waals surface area contributed by atoms with Gasteiger partial charge in [-0.2, -0.15) is 0 Å². The Hall–Kier alpha value is -0.830. The van der Waals surface area contributed by atoms with E-state index in [-0.39, 0.29) is 5.91 Å². The molecule has 0 aromatic carbocycles. The first kappa shape index (κ1) is 10.7. The average molecular weight is 208 g/mol. The number of amides is 1. The van der Waals surface area contributed by atoms with Gasteiger partial charge in [0.25, 0.3) is 0 Å². The molecule has 1 aliphatic carbocycles. The van der Waals surface area contributed by atoms with Crippen LogP contribution in [0.2, 0.25) is 0 Å². The first-order valence-electron chi connectivity index (χ1n) is 5.87. The number of carbonyl (C=O) groups is 1. The second-order valence-electron chi connectivity index (χ2n) is 4.92. The molecule has 1 saturated carbocycles. The normalized spacial score (nSPS) is 29.9. The molecule has 0 radical (unpaired) electrons. The van der Waals surface area contributed by atoms with E-state index in [1.54, 1.807) is 0 Å². The van der Waals surface area contributed by atoms with E-state index >= 15 is 0 Å². The zero-order chi connectivity index (χ0) is 10.8. The van der Waals surface area contributed by atoms with Gasteiger partial charge in [0.05, 0.1) is 0 Å². The van der Waals surface area contributed by atoms with Crippen molar-refractivity contribution in [3.05, 3.63) is 11.1 Å². The summed E-state index contributed by atoms with van der Waals surface area (Å²) in [6.45, 7) is 5.97. The Kier molecular flexibility index (Phi) is 3.10. The monoisotopic (exact) mass is 208 g/mol. The fourth-order valence-corrected chi connectivity index (χ4v) is 2.31. The number of hydrogen-bond donors (Lipinski definition) is 2. The molecule has 2 rings (SSSR count). The Labute approximate surface area is 91.3 Å². The fourth-order valence-electron chi connectivity index (χ4n) is 2.31. The molecule has 2 atom stereocenters. The minimum Gasteiger partial charge on any atom is -0.350 e. The van der Waals surface area contributed by atoms with Gasteiger partial charge < -0.3 is 10.6 Å². The quantitative estimate of drug-likeness (QED) is 0.670. The zero-order valence-electron chi connectivity index (χ0n) is 9.60. The van der Waals surface area contributed by atoms with E-state index in [0.29, 0.717) is 6.04 Å². The van der Waals surface area contributed by atoms with Crippen LogP contribution in [0.5, 0.6) is 0 Å². The van der Waals surface area contributed by atoms with Crippen LogP contribution >= 0.6 is 0 Å². The van der Waals surface area contributed by atoms with Gasteiger partial charge in [-0.15, -0.1) is 0 Å². The first-order chi connectivity index (χ1) is 7.16. The lowest BCUT2D eigenvalue weighted by molar-refractivity contribution is -0.118. The highest BCUT2D eigenvalue weighted by molar-refractivity contribution is 5.94. The van der Waals surface area contributed by atoms with Crippen LogP contribution in [0.15, 0.2) is 11.1 Å². The van der Waals surface area contributed by atoms with Crippen molar-refractivity contribution in [3.8, 4) is 0 Å². The molecule has 2 unspecified atom stereocenters. The molecule has 1 saturated heterocycles. The summed E-state index contributed by atoms with van der Waals surface area (Å²) in [5, 5.41) is 6.29. The van der Waals surface area contributed by atoms with Crippen molar-refractivity contribution in [2.24, 2.45) is 5.92 Å². The summed E-state index contributed by atoms with van der Waals surface area (Å²) in [4.78, 5) is 11.8. The maximum Gasteiger partial charge on any atom is 0.247 e. The standard InChI is InChI=1S/C12H20N2O/c1-8-3-4-11(5-8)14-12(15)9(2)10-6-13-7-10/h8,11,13H,3-7H2,1-2H3,(H,14,15). The average Bonchev–Trinajstić information content (AvgIpc) is 2.48. The van der Waals surface area contributed by atoms with Gasteiger partial charge in [-0.05, 0) is 37.7 Å². The minimum absolute atomic E-state index is 0.144. The lowest BCUT2D eigenvalue weighted by Crippen LogP contribution is -2.39. The molecule has 2 fully saturated rings. The third-order valence-electron chi connectivity index (χ3n) is 3.58. The number of carbonyl (C=O) groups excluding carboxylic acids is 1. The van der Waals surface area contributed by atoms with E-state index in [2.05, 4.69) is 17.6 Å². The largest absolute Gasteiger partial charge is 0.350 e. The molecule has 0 aromatic rings. The van der Waals surface area contributed by atoms with Crippen molar-refractivity contribution >= 4 is 5.91 Å². The van der Waals surface area contributed by atoms with E-state index in [0.717, 1.165) is 37.4 Å². The zero-order valence-corrected chi connectivity index (χ0v) is 9.60. The van der Waals surface area contributed by atoms with Gasteiger partial charge in [-0.3, -0.25) is 4.79 Å². The van der Waals surface area contributed by atoms with Gasteiger partial charge in [0, 0.05) is 24.7 Å². The van der Waals surface area contributed by atoms with Crippen LogP contribution < -0.4 is 10.6 Å². The number of rotatable bonds is 2. The van der Waals surface area contributed by atoms with E-state index < -0.39 is 0 Å². The van der Waals surface area contributed by atoms with Crippen molar-refractivity contribution in [1.82, 2.24) is 10.6 Å². The molecule has 84 valence electrons. The van der Waals surface area contributed by atoms with Gasteiger partial charge in [0.2, 0.25) is 5.91 Å². The van der Waals surface area contributed by atoms with E-state index in [1.807, 2.05) is 6.92 Å². The van der Waals surface area contributed by atoms with Crippen LogP contribution in [0.4, 0.5) is 0 Å². The summed E-state index contributed by atoms with van der Waals surface area (Å²) in [7, 11) is 0. The van der Waals surface area contributed by atoms with Gasteiger partial charge in [-0.1, -0.05) is 6.92 Å². The Balaban J connectivity index is 1.87. The lowest BCUT2D eigenvalue weighted by atomic mass is 10.0. The van der Waals surface area contributed by atoms with Crippen LogP contribution in [-0.4, -0.2) is 25.0 Å². The van der Waals surface area contributed by atoms with Gasteiger partial charge in [0.15, 0.2) is 0 Å². The third-order valence-corrected chi connectivity index (χ3v) is 3.58. The van der Waals surface area contributed by atoms with Gasteiger partial charge in [0.1, 0.15) is 0 Å². The Morgan fingerprint density at radius 1 is 1.40 bits per heavy atom. The van der Waals surface area contributed by atoms with Crippen LogP contribution in [0, 0.1) is 5.92 Å². The van der Waals surface area contributed by atoms with Crippen LogP contribution in [-0.2, 0) is 4.79 Å². The molecule has 0 spiro atoms. The third kappa shape index (κ3) is 2.40. The van der Waals surface area contributed by atoms with Gasteiger partial charge >= 0.3 is 0 Å². The van der Waals surface area contributed by atoms with Crippen molar-refractivity contribution in [2.75, 3.05) is 13.1 Å². The van der Waals surface area contributed by atoms with Crippen molar-refractivity contribution < 1.29 is 4.79 Å². The molecule has 0 aromatic heterocycles. The molecular formula is C12H20N2O. The molecule has 0 bridgehead atoms. The summed E-state index contributed by atoms with van der Waals surface area (Å²) >= 11 is 0. The number of hydrogen-bond acceptors (Lipinski definition) is 2. The van der Waals surface area contributed by atoms with Crippen LogP contribution in [0.25, 0.3) is 0 Å². The fraction of sp³-hybridized carbons (Fsp3) is 0.750. The topological polar surface area (TPSA) is 41.1 Å². The Morgan fingerprint density at radius 3 is 2.60 bits per heavy atom. The van der Waals surface area contributed by atoms with E-state index in [1.165, 1.54) is 12.0 Å². The number of nitrogens with one attached hydrogen (secondary N) is 2. The molecule has 15 heavy (non-hydrogen) atoms. The smallest absolute Gasteiger partial charge is 0.247 e. The maximum absolute atomic E-state index is 11.8. The molecule has 3 nitrogen and oxygen atoms in total. The van der Waals surface area contributed by atoms with Gasteiger partial charge in [-0.25, -0.2) is 0 Å². The lowest BCUT2D eigenvalue weighted by Gasteiger charge is -2.22. The summed E-state index contributed by atoms with van der Waals surface area (Å²) < 4.78 is 0. The Morgan fingerprint density at radius 2 is 2.13 bits per heavy atom. The summed E-state index contributed by atoms with van der Waals surface area (Å²) in [6, 6.07) is 0.413. The highest BCUT2D eigenvalue weighted by Gasteiger charge is 2.24. The maximum atomic E-state index is 11.8. The van der Waals surface area contributed by atoms with E-state index in [4.69, 9.17) is 0 Å². The van der Waals surface area contributed by atoms with E-state index in [9.17, 15) is 4.79 Å². The Bertz CT molecular complexity index is 290. The SMILES string of the molecule is CC(C(=O)NC1CCC(C)C1)=C1CNC1. The predicted octanol–water partition coefficient (Wildman–Crippen LogP) is 1.21. The predicted molar refractivity (Wildman–Crippen MR) is 60.5 cm³/mol. The molecule has 2 N–H and O–H groups in total.